The van der Waals surface area contributed by atoms with Gasteiger partial charge in [0.2, 0.25) is 0 Å². The van der Waals surface area contributed by atoms with Gasteiger partial charge in [-0.25, -0.2) is 9.18 Å². The SMILES string of the molecule is [CH2][C@@]1(COC2CCCCO2)C/C1=C/n1cc(F)c(N)nc1=O. The van der Waals surface area contributed by atoms with Crippen LogP contribution in [0.2, 0.25) is 0 Å². The van der Waals surface area contributed by atoms with Crippen molar-refractivity contribution in [2.75, 3.05) is 18.9 Å². The maximum absolute atomic E-state index is 13.4. The average Bonchev–Trinajstić information content (AvgIpc) is 3.14. The van der Waals surface area contributed by atoms with Crippen LogP contribution in [-0.4, -0.2) is 29.1 Å². The Morgan fingerprint density at radius 2 is 2.45 bits per heavy atom. The summed E-state index contributed by atoms with van der Waals surface area (Å²) in [4.78, 5) is 15.1. The van der Waals surface area contributed by atoms with Gasteiger partial charge < -0.3 is 15.2 Å². The molecule has 1 saturated heterocycles. The molecule has 2 fully saturated rings. The standard InChI is InChI=1S/C15H19FN3O3/c1-15(9-22-12-4-2-3-5-21-12)6-10(15)7-19-8-11(16)13(17)18-14(19)20/h7-8,12H,1-6,9H2,(H2,17,18,20)/b10-7-/t12?,15-/m0/s1. The van der Waals surface area contributed by atoms with Crippen molar-refractivity contribution < 1.29 is 13.9 Å². The third-order valence-electron chi connectivity index (χ3n) is 4.00. The van der Waals surface area contributed by atoms with E-state index in [0.29, 0.717) is 13.0 Å². The molecule has 1 unspecified atom stereocenters. The van der Waals surface area contributed by atoms with Crippen LogP contribution in [0, 0.1) is 18.2 Å². The molecule has 0 bridgehead atoms. The van der Waals surface area contributed by atoms with Crippen molar-refractivity contribution in [3.05, 3.63) is 35.0 Å². The fraction of sp³-hybridized carbons (Fsp3) is 0.533. The average molecular weight is 308 g/mol. The highest BCUT2D eigenvalue weighted by molar-refractivity contribution is 5.48. The van der Waals surface area contributed by atoms with Gasteiger partial charge in [-0.05, 0) is 38.2 Å². The maximum Gasteiger partial charge on any atom is 0.353 e. The molecule has 2 N–H and O–H groups in total. The minimum atomic E-state index is -0.724. The molecule has 1 radical (unpaired) electrons. The zero-order valence-corrected chi connectivity index (χ0v) is 12.3. The summed E-state index contributed by atoms with van der Waals surface area (Å²) in [5, 5.41) is 0. The lowest BCUT2D eigenvalue weighted by molar-refractivity contribution is -0.167. The summed E-state index contributed by atoms with van der Waals surface area (Å²) >= 11 is 0. The number of nitrogen functional groups attached to an aromatic ring is 1. The predicted molar refractivity (Wildman–Crippen MR) is 79.1 cm³/mol. The van der Waals surface area contributed by atoms with Gasteiger partial charge in [0.05, 0.1) is 12.8 Å². The first kappa shape index (κ1) is 15.2. The summed E-state index contributed by atoms with van der Waals surface area (Å²) < 4.78 is 25.7. The Morgan fingerprint density at radius 3 is 3.18 bits per heavy atom. The van der Waals surface area contributed by atoms with Crippen molar-refractivity contribution >= 4 is 12.0 Å². The lowest BCUT2D eigenvalue weighted by Gasteiger charge is -2.24. The van der Waals surface area contributed by atoms with Crippen LogP contribution >= 0.6 is 0 Å². The van der Waals surface area contributed by atoms with E-state index in [9.17, 15) is 9.18 Å². The van der Waals surface area contributed by atoms with E-state index >= 15 is 0 Å². The Kier molecular flexibility index (Phi) is 4.01. The lowest BCUT2D eigenvalue weighted by Crippen LogP contribution is -2.25. The van der Waals surface area contributed by atoms with E-state index in [1.807, 2.05) is 0 Å². The largest absolute Gasteiger partial charge is 0.381 e. The van der Waals surface area contributed by atoms with Gasteiger partial charge in [-0.15, -0.1) is 0 Å². The van der Waals surface area contributed by atoms with Crippen LogP contribution in [0.3, 0.4) is 0 Å². The van der Waals surface area contributed by atoms with E-state index in [4.69, 9.17) is 15.2 Å². The van der Waals surface area contributed by atoms with E-state index in [2.05, 4.69) is 11.9 Å². The smallest absolute Gasteiger partial charge is 0.353 e. The number of hydrogen-bond donors (Lipinski definition) is 1. The first-order valence-corrected chi connectivity index (χ1v) is 7.32. The Bertz CT molecular complexity index is 652. The number of halogens is 1. The van der Waals surface area contributed by atoms with Crippen molar-refractivity contribution in [1.82, 2.24) is 9.55 Å². The van der Waals surface area contributed by atoms with Crippen LogP contribution < -0.4 is 11.4 Å². The van der Waals surface area contributed by atoms with Gasteiger partial charge in [0.1, 0.15) is 0 Å². The molecule has 1 aromatic rings. The zero-order chi connectivity index (χ0) is 15.7. The Morgan fingerprint density at radius 1 is 1.64 bits per heavy atom. The first-order valence-electron chi connectivity index (χ1n) is 7.32. The van der Waals surface area contributed by atoms with Crippen LogP contribution in [0.4, 0.5) is 10.2 Å². The second-order valence-electron chi connectivity index (χ2n) is 5.88. The number of rotatable bonds is 4. The Labute approximate surface area is 127 Å². The summed E-state index contributed by atoms with van der Waals surface area (Å²) in [7, 11) is 0. The Hall–Kier alpha value is -1.73. The van der Waals surface area contributed by atoms with Crippen LogP contribution in [0.25, 0.3) is 6.20 Å². The molecular weight excluding hydrogens is 289 g/mol. The fourth-order valence-corrected chi connectivity index (χ4v) is 2.46. The monoisotopic (exact) mass is 308 g/mol. The van der Waals surface area contributed by atoms with Gasteiger partial charge in [0.15, 0.2) is 17.9 Å². The second-order valence-corrected chi connectivity index (χ2v) is 5.88. The molecule has 0 amide bonds. The van der Waals surface area contributed by atoms with Crippen molar-refractivity contribution in [3.63, 3.8) is 0 Å². The number of nitrogens with two attached hydrogens (primary N) is 1. The van der Waals surface area contributed by atoms with Gasteiger partial charge in [-0.2, -0.15) is 4.98 Å². The maximum atomic E-state index is 13.4. The third kappa shape index (κ3) is 3.20. The summed E-state index contributed by atoms with van der Waals surface area (Å²) in [5.74, 6) is -1.12. The summed E-state index contributed by atoms with van der Waals surface area (Å²) in [6.07, 6.45) is 6.16. The molecule has 0 aromatic carbocycles. The second kappa shape index (κ2) is 5.81. The highest BCUT2D eigenvalue weighted by Gasteiger charge is 2.45. The van der Waals surface area contributed by atoms with Gasteiger partial charge in [0, 0.05) is 18.2 Å². The van der Waals surface area contributed by atoms with Crippen molar-refractivity contribution in [1.29, 1.82) is 0 Å². The highest BCUT2D eigenvalue weighted by atomic mass is 19.1. The number of aromatic nitrogens is 2. The number of nitrogens with zero attached hydrogens (tertiary/aromatic N) is 2. The van der Waals surface area contributed by atoms with Crippen LogP contribution in [0.5, 0.6) is 0 Å². The van der Waals surface area contributed by atoms with E-state index in [0.717, 1.165) is 42.2 Å². The molecule has 1 aliphatic heterocycles. The van der Waals surface area contributed by atoms with Gasteiger partial charge >= 0.3 is 5.69 Å². The molecule has 0 spiro atoms. The molecular formula is C15H19FN3O3. The first-order chi connectivity index (χ1) is 10.5. The molecule has 6 nitrogen and oxygen atoms in total. The van der Waals surface area contributed by atoms with E-state index in [1.54, 1.807) is 6.20 Å². The molecule has 1 aromatic heterocycles. The minimum absolute atomic E-state index is 0.174. The van der Waals surface area contributed by atoms with E-state index in [1.165, 1.54) is 0 Å². The summed E-state index contributed by atoms with van der Waals surface area (Å²) in [6, 6.07) is 0. The van der Waals surface area contributed by atoms with Crippen LogP contribution in [-0.2, 0) is 9.47 Å². The van der Waals surface area contributed by atoms with Gasteiger partial charge in [-0.1, -0.05) is 0 Å². The Balaban J connectivity index is 1.64. The van der Waals surface area contributed by atoms with Gasteiger partial charge in [-0.3, -0.25) is 4.57 Å². The van der Waals surface area contributed by atoms with Crippen molar-refractivity contribution in [2.45, 2.75) is 32.0 Å². The van der Waals surface area contributed by atoms with Crippen molar-refractivity contribution in [3.8, 4) is 0 Å². The van der Waals surface area contributed by atoms with Crippen LogP contribution in [0.1, 0.15) is 25.7 Å². The number of anilines is 1. The van der Waals surface area contributed by atoms with E-state index < -0.39 is 17.3 Å². The van der Waals surface area contributed by atoms with Crippen molar-refractivity contribution in [2.24, 2.45) is 5.41 Å². The predicted octanol–water partition coefficient (Wildman–Crippen LogP) is 1.57. The molecule has 3 rings (SSSR count). The van der Waals surface area contributed by atoms with Crippen LogP contribution in [0.15, 0.2) is 16.6 Å². The molecule has 1 saturated carbocycles. The quantitative estimate of drug-likeness (QED) is 0.913. The molecule has 1 aliphatic carbocycles. The molecule has 119 valence electrons. The molecule has 2 heterocycles. The molecule has 2 atom stereocenters. The topological polar surface area (TPSA) is 79.4 Å². The number of hydrogen-bond acceptors (Lipinski definition) is 5. The molecule has 7 heteroatoms. The minimum Gasteiger partial charge on any atom is -0.381 e. The summed E-state index contributed by atoms with van der Waals surface area (Å²) in [6.45, 7) is 5.26. The lowest BCUT2D eigenvalue weighted by atomic mass is 10.1. The number of ether oxygens (including phenoxy) is 2. The third-order valence-corrected chi connectivity index (χ3v) is 4.00. The summed E-state index contributed by atoms with van der Waals surface area (Å²) in [5.41, 5.74) is 5.18. The fourth-order valence-electron chi connectivity index (χ4n) is 2.46. The highest BCUT2D eigenvalue weighted by Crippen LogP contribution is 2.52. The molecule has 22 heavy (non-hydrogen) atoms. The molecule has 2 aliphatic rings. The van der Waals surface area contributed by atoms with Gasteiger partial charge in [0.25, 0.3) is 0 Å². The van der Waals surface area contributed by atoms with E-state index in [-0.39, 0.29) is 11.7 Å². The zero-order valence-electron chi connectivity index (χ0n) is 12.3. The normalized spacial score (nSPS) is 29.7.